The first-order valence-electron chi connectivity index (χ1n) is 4.46. The number of rotatable bonds is 2. The van der Waals surface area contributed by atoms with Crippen LogP contribution in [0.15, 0.2) is 41.8 Å². The van der Waals surface area contributed by atoms with Crippen molar-refractivity contribution in [3.05, 3.63) is 41.8 Å². The lowest BCUT2D eigenvalue weighted by atomic mass is 10.1. The van der Waals surface area contributed by atoms with Crippen LogP contribution in [0.1, 0.15) is 0 Å². The van der Waals surface area contributed by atoms with Gasteiger partial charge in [-0.2, -0.15) is 0 Å². The minimum absolute atomic E-state index is 0.290. The summed E-state index contributed by atoms with van der Waals surface area (Å²) in [4.78, 5) is 1.24. The fraction of sp³-hybridized carbons (Fsp3) is 0. The third-order valence-corrected chi connectivity index (χ3v) is 2.96. The molecule has 3 N–H and O–H groups in total. The van der Waals surface area contributed by atoms with E-state index in [9.17, 15) is 0 Å². The van der Waals surface area contributed by atoms with Crippen LogP contribution in [0.4, 0.5) is 5.69 Å². The van der Waals surface area contributed by atoms with Crippen LogP contribution in [-0.2, 0) is 0 Å². The highest BCUT2D eigenvalue weighted by atomic mass is 32.1. The Morgan fingerprint density at radius 1 is 1.27 bits per heavy atom. The molecule has 0 radical (unpaired) electrons. The Labute approximate surface area is 97.7 Å². The van der Waals surface area contributed by atoms with Gasteiger partial charge in [-0.25, -0.2) is 0 Å². The maximum atomic E-state index is 5.42. The predicted octanol–water partition coefficient (Wildman–Crippen LogP) is 3.07. The summed E-state index contributed by atoms with van der Waals surface area (Å²) >= 11 is 6.50. The minimum Gasteiger partial charge on any atom is -0.376 e. The number of thiocarbonyl (C=S) groups is 1. The summed E-state index contributed by atoms with van der Waals surface area (Å²) in [7, 11) is 0. The van der Waals surface area contributed by atoms with E-state index in [0.29, 0.717) is 5.11 Å². The fourth-order valence-electron chi connectivity index (χ4n) is 1.34. The summed E-state index contributed by atoms with van der Waals surface area (Å²) in [5.74, 6) is 0. The molecule has 2 rings (SSSR count). The van der Waals surface area contributed by atoms with E-state index >= 15 is 0 Å². The van der Waals surface area contributed by atoms with E-state index in [1.165, 1.54) is 10.4 Å². The van der Waals surface area contributed by atoms with Crippen molar-refractivity contribution >= 4 is 34.4 Å². The third kappa shape index (κ3) is 2.55. The number of benzene rings is 1. The molecule has 0 bridgehead atoms. The molecule has 0 spiro atoms. The largest absolute Gasteiger partial charge is 0.376 e. The molecule has 1 aromatic carbocycles. The average molecular weight is 234 g/mol. The van der Waals surface area contributed by atoms with E-state index in [4.69, 9.17) is 18.0 Å². The number of hydrogen-bond donors (Lipinski definition) is 2. The minimum atomic E-state index is 0.290. The van der Waals surface area contributed by atoms with Gasteiger partial charge >= 0.3 is 0 Å². The van der Waals surface area contributed by atoms with Crippen LogP contribution in [0.5, 0.6) is 0 Å². The van der Waals surface area contributed by atoms with Crippen LogP contribution >= 0.6 is 23.6 Å². The van der Waals surface area contributed by atoms with Gasteiger partial charge in [0.05, 0.1) is 0 Å². The summed E-state index contributed by atoms with van der Waals surface area (Å²) in [6, 6.07) is 12.1. The maximum absolute atomic E-state index is 5.42. The number of nitrogens with one attached hydrogen (secondary N) is 1. The maximum Gasteiger partial charge on any atom is 0.168 e. The van der Waals surface area contributed by atoms with Crippen molar-refractivity contribution in [2.75, 3.05) is 5.32 Å². The summed E-state index contributed by atoms with van der Waals surface area (Å²) < 4.78 is 0. The van der Waals surface area contributed by atoms with Crippen LogP contribution in [-0.4, -0.2) is 5.11 Å². The molecule has 4 heteroatoms. The molecule has 0 amide bonds. The molecular weight excluding hydrogens is 224 g/mol. The number of nitrogens with two attached hydrogens (primary N) is 1. The summed E-state index contributed by atoms with van der Waals surface area (Å²) in [6.07, 6.45) is 0. The zero-order valence-corrected chi connectivity index (χ0v) is 9.57. The molecule has 2 aromatic rings. The van der Waals surface area contributed by atoms with Crippen molar-refractivity contribution in [1.29, 1.82) is 0 Å². The van der Waals surface area contributed by atoms with Gasteiger partial charge in [0.15, 0.2) is 5.11 Å². The van der Waals surface area contributed by atoms with Gasteiger partial charge in [-0.15, -0.1) is 11.3 Å². The fourth-order valence-corrected chi connectivity index (χ4v) is 2.18. The molecular formula is C11H10N2S2. The molecule has 0 atom stereocenters. The summed E-state index contributed by atoms with van der Waals surface area (Å²) in [5.41, 5.74) is 7.51. The zero-order valence-electron chi connectivity index (χ0n) is 7.94. The van der Waals surface area contributed by atoms with Gasteiger partial charge in [-0.05, 0) is 41.4 Å². The van der Waals surface area contributed by atoms with Gasteiger partial charge in [0.25, 0.3) is 0 Å². The highest BCUT2D eigenvalue weighted by molar-refractivity contribution is 7.80. The monoisotopic (exact) mass is 234 g/mol. The Balaban J connectivity index is 2.31. The molecule has 76 valence electrons. The Bertz CT molecular complexity index is 463. The Hall–Kier alpha value is -1.39. The highest BCUT2D eigenvalue weighted by Gasteiger charge is 1.99. The van der Waals surface area contributed by atoms with E-state index in [-0.39, 0.29) is 0 Å². The van der Waals surface area contributed by atoms with Crippen molar-refractivity contribution in [3.8, 4) is 10.4 Å². The molecule has 1 heterocycles. The van der Waals surface area contributed by atoms with Crippen LogP contribution in [0.2, 0.25) is 0 Å². The molecule has 0 saturated carbocycles. The van der Waals surface area contributed by atoms with E-state index < -0.39 is 0 Å². The normalized spacial score (nSPS) is 9.87. The molecule has 0 saturated heterocycles. The lowest BCUT2D eigenvalue weighted by Gasteiger charge is -2.05. The first-order chi connectivity index (χ1) is 7.25. The Morgan fingerprint density at radius 3 is 2.80 bits per heavy atom. The van der Waals surface area contributed by atoms with E-state index in [1.807, 2.05) is 24.3 Å². The van der Waals surface area contributed by atoms with Crippen molar-refractivity contribution in [2.24, 2.45) is 5.73 Å². The average Bonchev–Trinajstić information content (AvgIpc) is 2.69. The van der Waals surface area contributed by atoms with E-state index in [0.717, 1.165) is 5.69 Å². The van der Waals surface area contributed by atoms with Gasteiger partial charge in [0.2, 0.25) is 0 Å². The zero-order chi connectivity index (χ0) is 10.7. The van der Waals surface area contributed by atoms with Gasteiger partial charge in [-0.1, -0.05) is 18.2 Å². The van der Waals surface area contributed by atoms with Crippen LogP contribution in [0.25, 0.3) is 10.4 Å². The first-order valence-corrected chi connectivity index (χ1v) is 5.75. The smallest absolute Gasteiger partial charge is 0.168 e. The molecule has 1 aromatic heterocycles. The van der Waals surface area contributed by atoms with Crippen LogP contribution < -0.4 is 11.1 Å². The Kier molecular flexibility index (Phi) is 2.99. The van der Waals surface area contributed by atoms with Crippen molar-refractivity contribution in [2.45, 2.75) is 0 Å². The van der Waals surface area contributed by atoms with Crippen molar-refractivity contribution < 1.29 is 0 Å². The molecule has 0 aliphatic carbocycles. The first kappa shape index (κ1) is 10.1. The Morgan fingerprint density at radius 2 is 2.13 bits per heavy atom. The lowest BCUT2D eigenvalue weighted by molar-refractivity contribution is 1.61. The second-order valence-electron chi connectivity index (χ2n) is 3.05. The van der Waals surface area contributed by atoms with Crippen molar-refractivity contribution in [1.82, 2.24) is 0 Å². The topological polar surface area (TPSA) is 38.0 Å². The lowest BCUT2D eigenvalue weighted by Crippen LogP contribution is -2.18. The molecule has 0 aliphatic rings. The van der Waals surface area contributed by atoms with E-state index in [1.54, 1.807) is 11.3 Å². The van der Waals surface area contributed by atoms with Gasteiger partial charge in [-0.3, -0.25) is 0 Å². The molecule has 0 fully saturated rings. The molecule has 2 nitrogen and oxygen atoms in total. The molecule has 0 aliphatic heterocycles. The summed E-state index contributed by atoms with van der Waals surface area (Å²) in [5, 5.41) is 5.27. The number of hydrogen-bond acceptors (Lipinski definition) is 2. The number of thiophene rings is 1. The second kappa shape index (κ2) is 4.42. The summed E-state index contributed by atoms with van der Waals surface area (Å²) in [6.45, 7) is 0. The van der Waals surface area contributed by atoms with Crippen LogP contribution in [0, 0.1) is 0 Å². The SMILES string of the molecule is NC(=S)Nc1cccc(-c2cccs2)c1. The standard InChI is InChI=1S/C11H10N2S2/c12-11(14)13-9-4-1-3-8(7-9)10-5-2-6-15-10/h1-7H,(H3,12,13,14). The van der Waals surface area contributed by atoms with E-state index in [2.05, 4.69) is 22.8 Å². The van der Waals surface area contributed by atoms with Crippen LogP contribution in [0.3, 0.4) is 0 Å². The van der Waals surface area contributed by atoms with Crippen molar-refractivity contribution in [3.63, 3.8) is 0 Å². The predicted molar refractivity (Wildman–Crippen MR) is 70.2 cm³/mol. The molecule has 0 unspecified atom stereocenters. The van der Waals surface area contributed by atoms with Gasteiger partial charge < -0.3 is 11.1 Å². The van der Waals surface area contributed by atoms with Gasteiger partial charge in [0.1, 0.15) is 0 Å². The molecule has 15 heavy (non-hydrogen) atoms. The third-order valence-electron chi connectivity index (χ3n) is 1.94. The second-order valence-corrected chi connectivity index (χ2v) is 4.43. The highest BCUT2D eigenvalue weighted by Crippen LogP contribution is 2.26. The number of anilines is 1. The quantitative estimate of drug-likeness (QED) is 0.784. The van der Waals surface area contributed by atoms with Gasteiger partial charge in [0, 0.05) is 10.6 Å².